The number of nitrogens with zero attached hydrogens (tertiary/aromatic N) is 7. The lowest BCUT2D eigenvalue weighted by atomic mass is 10.3. The molecule has 0 atom stereocenters. The zero-order valence-electron chi connectivity index (χ0n) is 11.6. The zero-order chi connectivity index (χ0) is 13.9. The average molecular weight is 271 g/mol. The molecule has 0 radical (unpaired) electrons. The Hall–Kier alpha value is -2.44. The first-order chi connectivity index (χ1) is 9.74. The van der Waals surface area contributed by atoms with Crippen LogP contribution in [0.1, 0.15) is 12.2 Å². The van der Waals surface area contributed by atoms with Crippen molar-refractivity contribution in [3.05, 3.63) is 36.7 Å². The summed E-state index contributed by atoms with van der Waals surface area (Å²) in [6, 6.07) is 3.91. The summed E-state index contributed by atoms with van der Waals surface area (Å²) in [7, 11) is 2.04. The van der Waals surface area contributed by atoms with Gasteiger partial charge in [-0.2, -0.15) is 4.52 Å². The number of anilines is 1. The number of aryl methyl sites for hydroxylation is 2. The van der Waals surface area contributed by atoms with Crippen LogP contribution >= 0.6 is 0 Å². The van der Waals surface area contributed by atoms with Crippen molar-refractivity contribution in [2.45, 2.75) is 19.9 Å². The van der Waals surface area contributed by atoms with Gasteiger partial charge in [-0.15, -0.1) is 15.3 Å². The van der Waals surface area contributed by atoms with Crippen molar-refractivity contribution in [3.8, 4) is 0 Å². The number of fused-ring (bicyclic) bond motifs is 1. The lowest BCUT2D eigenvalue weighted by molar-refractivity contribution is 0.633. The average Bonchev–Trinajstić information content (AvgIpc) is 3.09. The fourth-order valence-electron chi connectivity index (χ4n) is 2.11. The maximum atomic E-state index is 4.55. The molecule has 0 aliphatic heterocycles. The lowest BCUT2D eigenvalue weighted by Gasteiger charge is -2.18. The Balaban J connectivity index is 1.65. The second-order valence-corrected chi connectivity index (χ2v) is 4.78. The standard InChI is InChI=1S/C13H17N7/c1-11-15-16-12-4-5-13(17-20(11)12)18(2)7-3-8-19-9-6-14-10-19/h4-6,9-10H,3,7-8H2,1-2H3. The first kappa shape index (κ1) is 12.6. The summed E-state index contributed by atoms with van der Waals surface area (Å²) in [5, 5.41) is 12.6. The van der Waals surface area contributed by atoms with Crippen LogP contribution < -0.4 is 4.90 Å². The quantitative estimate of drug-likeness (QED) is 0.696. The fraction of sp³-hybridized carbons (Fsp3) is 0.385. The highest BCUT2D eigenvalue weighted by molar-refractivity contribution is 5.45. The first-order valence-corrected chi connectivity index (χ1v) is 6.60. The van der Waals surface area contributed by atoms with Crippen molar-refractivity contribution >= 4 is 11.5 Å². The van der Waals surface area contributed by atoms with E-state index in [-0.39, 0.29) is 0 Å². The summed E-state index contributed by atoms with van der Waals surface area (Å²) in [5.74, 6) is 1.72. The van der Waals surface area contributed by atoms with E-state index in [1.165, 1.54) is 0 Å². The van der Waals surface area contributed by atoms with Gasteiger partial charge in [-0.25, -0.2) is 4.98 Å². The monoisotopic (exact) mass is 271 g/mol. The molecule has 0 unspecified atom stereocenters. The molecular formula is C13H17N7. The number of hydrogen-bond donors (Lipinski definition) is 0. The van der Waals surface area contributed by atoms with Gasteiger partial charge in [-0.3, -0.25) is 0 Å². The van der Waals surface area contributed by atoms with Crippen molar-refractivity contribution in [2.24, 2.45) is 0 Å². The smallest absolute Gasteiger partial charge is 0.178 e. The van der Waals surface area contributed by atoms with Crippen LogP contribution in [0.2, 0.25) is 0 Å². The van der Waals surface area contributed by atoms with Gasteiger partial charge in [-0.05, 0) is 25.5 Å². The SMILES string of the molecule is Cc1nnc2ccc(N(C)CCCn3ccnc3)nn12. The van der Waals surface area contributed by atoms with E-state index in [0.717, 1.165) is 36.8 Å². The Morgan fingerprint density at radius 3 is 2.95 bits per heavy atom. The van der Waals surface area contributed by atoms with Crippen LogP contribution in [0, 0.1) is 6.92 Å². The van der Waals surface area contributed by atoms with E-state index < -0.39 is 0 Å². The van der Waals surface area contributed by atoms with Gasteiger partial charge >= 0.3 is 0 Å². The van der Waals surface area contributed by atoms with E-state index in [1.54, 1.807) is 10.7 Å². The fourth-order valence-corrected chi connectivity index (χ4v) is 2.11. The molecule has 0 bridgehead atoms. The van der Waals surface area contributed by atoms with Crippen LogP contribution in [0.15, 0.2) is 30.9 Å². The number of aromatic nitrogens is 6. The van der Waals surface area contributed by atoms with Gasteiger partial charge in [0.2, 0.25) is 0 Å². The van der Waals surface area contributed by atoms with Crippen molar-refractivity contribution < 1.29 is 0 Å². The molecule has 3 aromatic rings. The van der Waals surface area contributed by atoms with Crippen LogP contribution in [0.25, 0.3) is 5.65 Å². The van der Waals surface area contributed by atoms with Crippen LogP contribution in [-0.2, 0) is 6.54 Å². The minimum atomic E-state index is 0.776. The summed E-state index contributed by atoms with van der Waals surface area (Å²) < 4.78 is 3.84. The Labute approximate surface area is 116 Å². The van der Waals surface area contributed by atoms with E-state index in [1.807, 2.05) is 38.6 Å². The molecule has 0 amide bonds. The van der Waals surface area contributed by atoms with Gasteiger partial charge in [0.15, 0.2) is 11.5 Å². The van der Waals surface area contributed by atoms with Gasteiger partial charge in [0.1, 0.15) is 5.82 Å². The predicted molar refractivity (Wildman–Crippen MR) is 75.6 cm³/mol. The maximum Gasteiger partial charge on any atom is 0.178 e. The molecule has 3 rings (SSSR count). The molecule has 0 aromatic carbocycles. The molecule has 0 fully saturated rings. The molecule has 0 N–H and O–H groups in total. The van der Waals surface area contributed by atoms with Gasteiger partial charge in [0, 0.05) is 32.5 Å². The van der Waals surface area contributed by atoms with Crippen molar-refractivity contribution in [2.75, 3.05) is 18.5 Å². The minimum absolute atomic E-state index is 0.776. The Morgan fingerprint density at radius 1 is 1.25 bits per heavy atom. The molecule has 0 spiro atoms. The van der Waals surface area contributed by atoms with E-state index in [4.69, 9.17) is 0 Å². The van der Waals surface area contributed by atoms with E-state index in [2.05, 4.69) is 29.7 Å². The van der Waals surface area contributed by atoms with Crippen LogP contribution in [0.4, 0.5) is 5.82 Å². The van der Waals surface area contributed by atoms with E-state index >= 15 is 0 Å². The summed E-state index contributed by atoms with van der Waals surface area (Å²) >= 11 is 0. The number of rotatable bonds is 5. The maximum absolute atomic E-state index is 4.55. The van der Waals surface area contributed by atoms with Gasteiger partial charge in [0.25, 0.3) is 0 Å². The normalized spacial score (nSPS) is 11.1. The molecule has 3 aromatic heterocycles. The second kappa shape index (κ2) is 5.28. The number of hydrogen-bond acceptors (Lipinski definition) is 5. The zero-order valence-corrected chi connectivity index (χ0v) is 11.6. The minimum Gasteiger partial charge on any atom is -0.358 e. The Kier molecular flexibility index (Phi) is 3.32. The molecule has 0 saturated carbocycles. The third kappa shape index (κ3) is 2.47. The predicted octanol–water partition coefficient (Wildman–Crippen LogP) is 1.16. The molecule has 7 heteroatoms. The van der Waals surface area contributed by atoms with Crippen LogP contribution in [0.3, 0.4) is 0 Å². The van der Waals surface area contributed by atoms with Crippen LogP contribution in [0.5, 0.6) is 0 Å². The van der Waals surface area contributed by atoms with E-state index in [9.17, 15) is 0 Å². The summed E-state index contributed by atoms with van der Waals surface area (Å²) in [5.41, 5.74) is 0.776. The molecule has 0 saturated heterocycles. The van der Waals surface area contributed by atoms with Gasteiger partial charge in [0.05, 0.1) is 6.33 Å². The summed E-state index contributed by atoms with van der Waals surface area (Å²) in [6.07, 6.45) is 6.65. The Morgan fingerprint density at radius 2 is 2.15 bits per heavy atom. The van der Waals surface area contributed by atoms with Crippen molar-refractivity contribution in [1.29, 1.82) is 0 Å². The number of imidazole rings is 1. The van der Waals surface area contributed by atoms with Gasteiger partial charge in [-0.1, -0.05) is 0 Å². The summed E-state index contributed by atoms with van der Waals surface area (Å²) in [6.45, 7) is 3.78. The lowest BCUT2D eigenvalue weighted by Crippen LogP contribution is -2.21. The highest BCUT2D eigenvalue weighted by Gasteiger charge is 2.07. The largest absolute Gasteiger partial charge is 0.358 e. The molecule has 0 aliphatic carbocycles. The second-order valence-electron chi connectivity index (χ2n) is 4.78. The van der Waals surface area contributed by atoms with Crippen molar-refractivity contribution in [3.63, 3.8) is 0 Å². The molecule has 0 aliphatic rings. The molecule has 104 valence electrons. The topological polar surface area (TPSA) is 64.1 Å². The van der Waals surface area contributed by atoms with Gasteiger partial charge < -0.3 is 9.47 Å². The third-order valence-corrected chi connectivity index (χ3v) is 3.26. The third-order valence-electron chi connectivity index (χ3n) is 3.26. The highest BCUT2D eigenvalue weighted by atomic mass is 15.4. The first-order valence-electron chi connectivity index (χ1n) is 6.60. The van der Waals surface area contributed by atoms with Crippen LogP contribution in [-0.4, -0.2) is 43.0 Å². The summed E-state index contributed by atoms with van der Waals surface area (Å²) in [4.78, 5) is 6.17. The Bertz CT molecular complexity index is 686. The molecule has 3 heterocycles. The molecular weight excluding hydrogens is 254 g/mol. The molecule has 7 nitrogen and oxygen atoms in total. The van der Waals surface area contributed by atoms with E-state index in [0.29, 0.717) is 0 Å². The highest BCUT2D eigenvalue weighted by Crippen LogP contribution is 2.11. The molecule has 20 heavy (non-hydrogen) atoms. The van der Waals surface area contributed by atoms with Crippen molar-refractivity contribution in [1.82, 2.24) is 29.4 Å².